The van der Waals surface area contributed by atoms with Gasteiger partial charge in [-0.1, -0.05) is 43.7 Å². The van der Waals surface area contributed by atoms with Crippen LogP contribution in [0.3, 0.4) is 0 Å². The highest BCUT2D eigenvalue weighted by molar-refractivity contribution is 7.92. The second-order valence-corrected chi connectivity index (χ2v) is 9.12. The summed E-state index contributed by atoms with van der Waals surface area (Å²) in [5, 5.41) is 16.8. The molecule has 34 heavy (non-hydrogen) atoms. The van der Waals surface area contributed by atoms with Crippen LogP contribution < -0.4 is 9.62 Å². The van der Waals surface area contributed by atoms with Gasteiger partial charge in [-0.15, -0.1) is 0 Å². The van der Waals surface area contributed by atoms with E-state index in [1.165, 1.54) is 13.0 Å². The van der Waals surface area contributed by atoms with E-state index in [2.05, 4.69) is 11.6 Å². The second kappa shape index (κ2) is 12.8. The number of aromatic carboxylic acids is 1. The Morgan fingerprint density at radius 1 is 1.03 bits per heavy atom. The Morgan fingerprint density at radius 3 is 2.09 bits per heavy atom. The number of carbonyl (C=O) groups is 2. The Balaban J connectivity index is 0.000000718. The maximum absolute atomic E-state index is 11.8. The molecule has 0 bridgehead atoms. The fourth-order valence-electron chi connectivity index (χ4n) is 2.74. The molecule has 2 rings (SSSR count). The molecule has 0 aliphatic rings. The van der Waals surface area contributed by atoms with Crippen LogP contribution in [0.1, 0.15) is 42.6 Å². The van der Waals surface area contributed by atoms with Crippen molar-refractivity contribution < 1.29 is 41.4 Å². The van der Waals surface area contributed by atoms with Gasteiger partial charge in [-0.3, -0.25) is 4.72 Å². The number of halogens is 3. The number of benzene rings is 2. The summed E-state index contributed by atoms with van der Waals surface area (Å²) in [5.74, 6) is -3.92. The SMILES string of the molecule is CCCCN(Cc1ccccc1)c1ccc(NS(=O)(=O)CC)cc1C(=O)O.O=C(O)C(F)(F)F. The Bertz CT molecular complexity index is 1060. The molecule has 0 spiro atoms. The average molecular weight is 505 g/mol. The van der Waals surface area contributed by atoms with Crippen molar-refractivity contribution in [2.75, 3.05) is 21.9 Å². The van der Waals surface area contributed by atoms with E-state index in [4.69, 9.17) is 9.90 Å². The highest BCUT2D eigenvalue weighted by atomic mass is 32.2. The summed E-state index contributed by atoms with van der Waals surface area (Å²) in [6, 6.07) is 14.5. The van der Waals surface area contributed by atoms with Gasteiger partial charge >= 0.3 is 18.1 Å². The Morgan fingerprint density at radius 2 is 1.62 bits per heavy atom. The molecule has 0 atom stereocenters. The minimum atomic E-state index is -5.08. The first-order valence-electron chi connectivity index (χ1n) is 10.3. The third-order valence-electron chi connectivity index (χ3n) is 4.46. The number of hydrogen-bond acceptors (Lipinski definition) is 5. The number of aliphatic carboxylic acids is 1. The first-order chi connectivity index (χ1) is 15.8. The van der Waals surface area contributed by atoms with Crippen molar-refractivity contribution in [3.63, 3.8) is 0 Å². The summed E-state index contributed by atoms with van der Waals surface area (Å²) in [5.41, 5.74) is 2.01. The number of carboxylic acids is 2. The van der Waals surface area contributed by atoms with Gasteiger partial charge in [0.1, 0.15) is 0 Å². The predicted molar refractivity (Wildman–Crippen MR) is 123 cm³/mol. The lowest BCUT2D eigenvalue weighted by atomic mass is 10.1. The Labute approximate surface area is 196 Å². The van der Waals surface area contributed by atoms with Crippen molar-refractivity contribution in [2.45, 2.75) is 39.4 Å². The van der Waals surface area contributed by atoms with Crippen LogP contribution in [0.15, 0.2) is 48.5 Å². The first kappa shape index (κ1) is 28.8. The molecule has 2 aromatic carbocycles. The quantitative estimate of drug-likeness (QED) is 0.432. The maximum Gasteiger partial charge on any atom is 0.490 e. The number of anilines is 2. The number of sulfonamides is 1. The Hall–Kier alpha value is -3.28. The Kier molecular flexibility index (Phi) is 10.8. The summed E-state index contributed by atoms with van der Waals surface area (Å²) in [6.07, 6.45) is -3.17. The smallest absolute Gasteiger partial charge is 0.478 e. The van der Waals surface area contributed by atoms with Crippen molar-refractivity contribution in [1.29, 1.82) is 0 Å². The number of nitrogens with zero attached hydrogens (tertiary/aromatic N) is 1. The predicted octanol–water partition coefficient (Wildman–Crippen LogP) is 4.59. The van der Waals surface area contributed by atoms with Crippen LogP contribution in [0.25, 0.3) is 0 Å². The lowest BCUT2D eigenvalue weighted by Gasteiger charge is -2.27. The minimum Gasteiger partial charge on any atom is -0.478 e. The van der Waals surface area contributed by atoms with E-state index in [1.54, 1.807) is 12.1 Å². The van der Waals surface area contributed by atoms with Crippen molar-refractivity contribution in [3.8, 4) is 0 Å². The normalized spacial score (nSPS) is 11.2. The number of alkyl halides is 3. The molecular weight excluding hydrogens is 477 g/mol. The van der Waals surface area contributed by atoms with Gasteiger partial charge in [0.2, 0.25) is 10.0 Å². The van der Waals surface area contributed by atoms with Crippen LogP contribution in [0.5, 0.6) is 0 Å². The van der Waals surface area contributed by atoms with Crippen LogP contribution in [0, 0.1) is 0 Å². The van der Waals surface area contributed by atoms with Gasteiger partial charge in [-0.2, -0.15) is 13.2 Å². The molecule has 0 saturated heterocycles. The average Bonchev–Trinajstić information content (AvgIpc) is 2.77. The van der Waals surface area contributed by atoms with Gasteiger partial charge < -0.3 is 15.1 Å². The van der Waals surface area contributed by atoms with Crippen LogP contribution in [0.2, 0.25) is 0 Å². The van der Waals surface area contributed by atoms with Crippen LogP contribution in [0.4, 0.5) is 24.5 Å². The van der Waals surface area contributed by atoms with E-state index >= 15 is 0 Å². The van der Waals surface area contributed by atoms with Gasteiger partial charge in [0, 0.05) is 18.8 Å². The molecule has 2 aromatic rings. The number of carboxylic acid groups (broad SMARTS) is 2. The van der Waals surface area contributed by atoms with E-state index in [-0.39, 0.29) is 17.0 Å². The minimum absolute atomic E-state index is 0.0756. The van der Waals surface area contributed by atoms with Crippen LogP contribution in [-0.4, -0.2) is 49.0 Å². The van der Waals surface area contributed by atoms with Gasteiger partial charge in [0.25, 0.3) is 0 Å². The number of rotatable bonds is 10. The number of unbranched alkanes of at least 4 members (excludes halogenated alkanes) is 1. The van der Waals surface area contributed by atoms with E-state index in [0.717, 1.165) is 18.4 Å². The lowest BCUT2D eigenvalue weighted by molar-refractivity contribution is -0.192. The summed E-state index contributed by atoms with van der Waals surface area (Å²) in [7, 11) is -3.47. The van der Waals surface area contributed by atoms with Crippen molar-refractivity contribution in [1.82, 2.24) is 0 Å². The molecule has 188 valence electrons. The molecular formula is C22H27F3N2O6S. The molecule has 0 unspecified atom stereocenters. The molecule has 0 saturated carbocycles. The third-order valence-corrected chi connectivity index (χ3v) is 5.77. The van der Waals surface area contributed by atoms with Gasteiger partial charge in [-0.25, -0.2) is 18.0 Å². The maximum atomic E-state index is 11.8. The molecule has 0 aliphatic carbocycles. The van der Waals surface area contributed by atoms with Crippen molar-refractivity contribution >= 4 is 33.3 Å². The van der Waals surface area contributed by atoms with E-state index in [0.29, 0.717) is 18.8 Å². The van der Waals surface area contributed by atoms with E-state index in [9.17, 15) is 31.5 Å². The number of nitrogens with one attached hydrogen (secondary N) is 1. The third kappa shape index (κ3) is 9.69. The molecule has 0 amide bonds. The summed E-state index contributed by atoms with van der Waals surface area (Å²) in [6.45, 7) is 4.91. The molecule has 0 aliphatic heterocycles. The topological polar surface area (TPSA) is 124 Å². The van der Waals surface area contributed by atoms with E-state index < -0.39 is 28.1 Å². The lowest BCUT2D eigenvalue weighted by Crippen LogP contribution is -2.26. The fourth-order valence-corrected chi connectivity index (χ4v) is 3.37. The second-order valence-electron chi connectivity index (χ2n) is 7.11. The van der Waals surface area contributed by atoms with Crippen LogP contribution in [-0.2, 0) is 21.4 Å². The molecule has 0 fully saturated rings. The fraction of sp³-hybridized carbons (Fsp3) is 0.364. The molecule has 12 heteroatoms. The highest BCUT2D eigenvalue weighted by Crippen LogP contribution is 2.27. The van der Waals surface area contributed by atoms with Crippen molar-refractivity contribution in [2.24, 2.45) is 0 Å². The van der Waals surface area contributed by atoms with Crippen molar-refractivity contribution in [3.05, 3.63) is 59.7 Å². The molecule has 8 nitrogen and oxygen atoms in total. The summed E-state index contributed by atoms with van der Waals surface area (Å²) in [4.78, 5) is 22.8. The zero-order valence-corrected chi connectivity index (χ0v) is 19.5. The largest absolute Gasteiger partial charge is 0.490 e. The number of hydrogen-bond donors (Lipinski definition) is 3. The highest BCUT2D eigenvalue weighted by Gasteiger charge is 2.38. The molecule has 0 heterocycles. The molecule has 0 radical (unpaired) electrons. The molecule has 3 N–H and O–H groups in total. The van der Waals surface area contributed by atoms with Gasteiger partial charge in [0.15, 0.2) is 0 Å². The van der Waals surface area contributed by atoms with Gasteiger partial charge in [-0.05, 0) is 37.1 Å². The zero-order valence-electron chi connectivity index (χ0n) is 18.7. The van der Waals surface area contributed by atoms with Gasteiger partial charge in [0.05, 0.1) is 17.0 Å². The monoisotopic (exact) mass is 504 g/mol. The van der Waals surface area contributed by atoms with E-state index in [1.807, 2.05) is 35.2 Å². The summed E-state index contributed by atoms with van der Waals surface area (Å²) >= 11 is 0. The first-order valence-corrected chi connectivity index (χ1v) is 11.9. The summed E-state index contributed by atoms with van der Waals surface area (Å²) < 4.78 is 57.7. The van der Waals surface area contributed by atoms with Crippen LogP contribution >= 0.6 is 0 Å². The standard InChI is InChI=1S/C20H26N2O4S.C2HF3O2/c1-3-5-13-22(15-16-9-7-6-8-10-16)19-12-11-17(14-18(19)20(23)24)21-27(25,26)4-2;3-2(4,5)1(6)7/h6-12,14,21H,3-5,13,15H2,1-2H3,(H,23,24);(H,6,7). The zero-order chi connectivity index (χ0) is 25.9. The molecule has 0 aromatic heterocycles.